The summed E-state index contributed by atoms with van der Waals surface area (Å²) in [6.45, 7) is 12.3. The molecule has 1 atom stereocenters. The van der Waals surface area contributed by atoms with E-state index in [2.05, 4.69) is 10.2 Å². The van der Waals surface area contributed by atoms with Crippen molar-refractivity contribution in [3.63, 3.8) is 0 Å². The average molecular weight is 427 g/mol. The largest absolute Gasteiger partial charge is 0.349 e. The third-order valence-electron chi connectivity index (χ3n) is 5.68. The third kappa shape index (κ3) is 5.71. The summed E-state index contributed by atoms with van der Waals surface area (Å²) in [6.07, 6.45) is 3.05. The zero-order valence-corrected chi connectivity index (χ0v) is 19.1. The van der Waals surface area contributed by atoms with Crippen LogP contribution < -0.4 is 5.32 Å². The van der Waals surface area contributed by atoms with Gasteiger partial charge in [-0.3, -0.25) is 14.5 Å². The van der Waals surface area contributed by atoms with Gasteiger partial charge in [0.05, 0.1) is 6.54 Å². The maximum absolute atomic E-state index is 12.5. The Hall–Kier alpha value is -1.10. The molecule has 6 heteroatoms. The Bertz CT molecular complexity index is 699. The van der Waals surface area contributed by atoms with Crippen molar-refractivity contribution in [3.8, 4) is 0 Å². The standard InChI is InChI=1S/C20H26Cl2N2O2.C2H6/c1-19(2,3)17(25)12-24-6-4-20(5-7-24)11-16(20)23-18(26)13-8-14(21)10-15(22)9-13;1-2/h8-10,16H,4-7,11-12H2,1-3H3,(H,23,26);1-2H3. The molecule has 0 bridgehead atoms. The van der Waals surface area contributed by atoms with Crippen LogP contribution in [0.3, 0.4) is 0 Å². The molecule has 0 radical (unpaired) electrons. The maximum Gasteiger partial charge on any atom is 0.251 e. The van der Waals surface area contributed by atoms with Gasteiger partial charge in [0.2, 0.25) is 0 Å². The monoisotopic (exact) mass is 426 g/mol. The molecule has 2 fully saturated rings. The lowest BCUT2D eigenvalue weighted by molar-refractivity contribution is -0.127. The minimum Gasteiger partial charge on any atom is -0.349 e. The van der Waals surface area contributed by atoms with Crippen LogP contribution in [-0.2, 0) is 4.79 Å². The number of hydrogen-bond donors (Lipinski definition) is 1. The number of rotatable bonds is 4. The molecule has 1 saturated heterocycles. The average Bonchev–Trinajstić information content (AvgIpc) is 3.28. The number of carbonyl (C=O) groups is 2. The number of amides is 1. The highest BCUT2D eigenvalue weighted by Crippen LogP contribution is 2.54. The fourth-order valence-corrected chi connectivity index (χ4v) is 4.15. The highest BCUT2D eigenvalue weighted by atomic mass is 35.5. The number of hydrogen-bond acceptors (Lipinski definition) is 3. The number of nitrogens with one attached hydrogen (secondary N) is 1. The zero-order chi connectivity index (χ0) is 21.1. The van der Waals surface area contributed by atoms with E-state index in [1.54, 1.807) is 18.2 Å². The van der Waals surface area contributed by atoms with Crippen molar-refractivity contribution in [2.24, 2.45) is 10.8 Å². The predicted molar refractivity (Wildman–Crippen MR) is 116 cm³/mol. The van der Waals surface area contributed by atoms with Crippen molar-refractivity contribution in [1.29, 1.82) is 0 Å². The highest BCUT2D eigenvalue weighted by Gasteiger charge is 2.55. The number of halogens is 2. The van der Waals surface area contributed by atoms with Crippen LogP contribution in [0, 0.1) is 10.8 Å². The van der Waals surface area contributed by atoms with Gasteiger partial charge in [-0.25, -0.2) is 0 Å². The Kier molecular flexibility index (Phi) is 7.57. The summed E-state index contributed by atoms with van der Waals surface area (Å²) >= 11 is 12.0. The van der Waals surface area contributed by atoms with Crippen LogP contribution in [0.4, 0.5) is 0 Å². The van der Waals surface area contributed by atoms with E-state index < -0.39 is 0 Å². The molecule has 1 saturated carbocycles. The quantitative estimate of drug-likeness (QED) is 0.717. The van der Waals surface area contributed by atoms with Gasteiger partial charge in [0.25, 0.3) is 5.91 Å². The third-order valence-corrected chi connectivity index (χ3v) is 6.11. The van der Waals surface area contributed by atoms with Gasteiger partial charge in [-0.15, -0.1) is 0 Å². The van der Waals surface area contributed by atoms with Crippen LogP contribution in [0.25, 0.3) is 0 Å². The van der Waals surface area contributed by atoms with Gasteiger partial charge >= 0.3 is 0 Å². The zero-order valence-electron chi connectivity index (χ0n) is 17.6. The Morgan fingerprint density at radius 3 is 2.14 bits per heavy atom. The fourth-order valence-electron chi connectivity index (χ4n) is 3.63. The fraction of sp³-hybridized carbons (Fsp3) is 0.636. The second-order valence-electron chi connectivity index (χ2n) is 8.70. The van der Waals surface area contributed by atoms with Crippen molar-refractivity contribution >= 4 is 34.9 Å². The molecule has 1 heterocycles. The van der Waals surface area contributed by atoms with Crippen molar-refractivity contribution in [3.05, 3.63) is 33.8 Å². The molecule has 2 aliphatic rings. The van der Waals surface area contributed by atoms with Crippen LogP contribution in [0.15, 0.2) is 18.2 Å². The van der Waals surface area contributed by atoms with Crippen LogP contribution >= 0.6 is 23.2 Å². The second-order valence-corrected chi connectivity index (χ2v) is 9.57. The smallest absolute Gasteiger partial charge is 0.251 e. The summed E-state index contributed by atoms with van der Waals surface area (Å²) in [5.41, 5.74) is 0.403. The van der Waals surface area contributed by atoms with E-state index in [1.807, 2.05) is 34.6 Å². The van der Waals surface area contributed by atoms with Gasteiger partial charge in [-0.1, -0.05) is 57.8 Å². The van der Waals surface area contributed by atoms with Gasteiger partial charge in [-0.05, 0) is 56.0 Å². The maximum atomic E-state index is 12.5. The van der Waals surface area contributed by atoms with E-state index in [0.29, 0.717) is 22.2 Å². The first-order valence-electron chi connectivity index (χ1n) is 10.1. The minimum absolute atomic E-state index is 0.124. The molecule has 1 N–H and O–H groups in total. The Labute approximate surface area is 179 Å². The van der Waals surface area contributed by atoms with Crippen LogP contribution in [0.1, 0.15) is 64.2 Å². The Balaban J connectivity index is 0.00000136. The normalized spacial score (nSPS) is 20.9. The van der Waals surface area contributed by atoms with E-state index >= 15 is 0 Å². The number of piperidine rings is 1. The Morgan fingerprint density at radius 1 is 1.11 bits per heavy atom. The van der Waals surface area contributed by atoms with Gasteiger partial charge in [0.15, 0.2) is 5.78 Å². The molecule has 1 aromatic rings. The Morgan fingerprint density at radius 2 is 1.64 bits per heavy atom. The molecule has 28 heavy (non-hydrogen) atoms. The molecular formula is C22H32Cl2N2O2. The minimum atomic E-state index is -0.288. The molecule has 3 rings (SSSR count). The highest BCUT2D eigenvalue weighted by molar-refractivity contribution is 6.35. The second kappa shape index (κ2) is 9.15. The van der Waals surface area contributed by atoms with Crippen molar-refractivity contribution in [1.82, 2.24) is 10.2 Å². The predicted octanol–water partition coefficient (Wildman–Crippen LogP) is 5.22. The summed E-state index contributed by atoms with van der Waals surface area (Å²) in [5.74, 6) is 0.161. The summed E-state index contributed by atoms with van der Waals surface area (Å²) in [4.78, 5) is 26.9. The van der Waals surface area contributed by atoms with E-state index in [-0.39, 0.29) is 28.6 Å². The number of benzene rings is 1. The lowest BCUT2D eigenvalue weighted by Gasteiger charge is -2.33. The van der Waals surface area contributed by atoms with Gasteiger partial charge in [0, 0.05) is 27.1 Å². The molecule has 1 aliphatic heterocycles. The molecule has 1 unspecified atom stereocenters. The molecule has 1 amide bonds. The van der Waals surface area contributed by atoms with Crippen LogP contribution in [0.5, 0.6) is 0 Å². The first kappa shape index (κ1) is 23.2. The van der Waals surface area contributed by atoms with Crippen molar-refractivity contribution < 1.29 is 9.59 Å². The molecule has 1 aromatic carbocycles. The molecule has 1 spiro atoms. The lowest BCUT2D eigenvalue weighted by Crippen LogP contribution is -2.43. The summed E-state index contributed by atoms with van der Waals surface area (Å²) in [5, 5.41) is 4.05. The molecular weight excluding hydrogens is 395 g/mol. The van der Waals surface area contributed by atoms with Crippen molar-refractivity contribution in [2.75, 3.05) is 19.6 Å². The number of carbonyl (C=O) groups excluding carboxylic acids is 2. The molecule has 1 aliphatic carbocycles. The van der Waals surface area contributed by atoms with E-state index in [1.165, 1.54) is 0 Å². The van der Waals surface area contributed by atoms with Crippen LogP contribution in [0.2, 0.25) is 10.0 Å². The van der Waals surface area contributed by atoms with E-state index in [0.717, 1.165) is 32.4 Å². The number of nitrogens with zero attached hydrogens (tertiary/aromatic N) is 1. The number of Topliss-reactive ketones (excluding diaryl/α,β-unsaturated/α-hetero) is 1. The SMILES string of the molecule is CC.CC(C)(C)C(=O)CN1CCC2(CC1)CC2NC(=O)c1cc(Cl)cc(Cl)c1. The van der Waals surface area contributed by atoms with Crippen LogP contribution in [-0.4, -0.2) is 42.3 Å². The van der Waals surface area contributed by atoms with Crippen molar-refractivity contribution in [2.45, 2.75) is 59.9 Å². The van der Waals surface area contributed by atoms with Gasteiger partial charge < -0.3 is 5.32 Å². The lowest BCUT2D eigenvalue weighted by atomic mass is 9.88. The van der Waals surface area contributed by atoms with Gasteiger partial charge in [-0.2, -0.15) is 0 Å². The first-order chi connectivity index (χ1) is 13.1. The van der Waals surface area contributed by atoms with Gasteiger partial charge in [0.1, 0.15) is 0 Å². The van der Waals surface area contributed by atoms with E-state index in [9.17, 15) is 9.59 Å². The summed E-state index contributed by atoms with van der Waals surface area (Å²) in [6, 6.07) is 5.10. The summed E-state index contributed by atoms with van der Waals surface area (Å²) in [7, 11) is 0. The number of ketones is 1. The first-order valence-corrected chi connectivity index (χ1v) is 10.9. The topological polar surface area (TPSA) is 49.4 Å². The van der Waals surface area contributed by atoms with E-state index in [4.69, 9.17) is 23.2 Å². The number of likely N-dealkylation sites (tertiary alicyclic amines) is 1. The molecule has 156 valence electrons. The molecule has 0 aromatic heterocycles. The summed E-state index contributed by atoms with van der Waals surface area (Å²) < 4.78 is 0. The molecule has 4 nitrogen and oxygen atoms in total.